The fourth-order valence-corrected chi connectivity index (χ4v) is 2.63. The summed E-state index contributed by atoms with van der Waals surface area (Å²) in [4.78, 5) is 31.6. The predicted molar refractivity (Wildman–Crippen MR) is 93.0 cm³/mol. The highest BCUT2D eigenvalue weighted by Crippen LogP contribution is 2.28. The number of aromatic nitrogens is 2. The zero-order chi connectivity index (χ0) is 18.0. The molecule has 0 fully saturated rings. The Hall–Kier alpha value is -3.36. The molecule has 9 nitrogen and oxygen atoms in total. The summed E-state index contributed by atoms with van der Waals surface area (Å²) in [7, 11) is 1.33. The van der Waals surface area contributed by atoms with Gasteiger partial charge in [-0.05, 0) is 30.7 Å². The monoisotopic (exact) mass is 342 g/mol. The molecule has 6 N–H and O–H groups in total. The molecular formula is C16H18N6O3. The Morgan fingerprint density at radius 3 is 2.72 bits per heavy atom. The molecule has 1 amide bonds. The number of carbonyl (C=O) groups excluding carboxylic acids is 2. The highest BCUT2D eigenvalue weighted by molar-refractivity contribution is 5.96. The van der Waals surface area contributed by atoms with E-state index >= 15 is 0 Å². The average molecular weight is 342 g/mol. The maximum absolute atomic E-state index is 12.2. The number of amides is 1. The summed E-state index contributed by atoms with van der Waals surface area (Å²) in [5, 5.41) is 5.88. The number of nitrogens with two attached hydrogens (primary N) is 2. The fourth-order valence-electron chi connectivity index (χ4n) is 2.63. The number of rotatable bonds is 4. The van der Waals surface area contributed by atoms with Gasteiger partial charge in [-0.25, -0.2) is 4.79 Å². The lowest BCUT2D eigenvalue weighted by Gasteiger charge is -2.25. The molecule has 1 aliphatic rings. The standard InChI is InChI=1S/C16H18N6O3/c1-25-15(24)8-2-4-10(5-3-8)19-7-9-6-11-12(17)20-16(18)22-13(11)21-14(9)23/h2-5,9,19H,6-7H2,1H3,(H5,17,18,20,21,22,23). The molecule has 1 unspecified atom stereocenters. The third-order valence-corrected chi connectivity index (χ3v) is 3.98. The van der Waals surface area contributed by atoms with E-state index < -0.39 is 5.97 Å². The molecule has 0 radical (unpaired) electrons. The summed E-state index contributed by atoms with van der Waals surface area (Å²) in [5.41, 5.74) is 13.3. The molecule has 0 saturated carbocycles. The van der Waals surface area contributed by atoms with E-state index in [9.17, 15) is 9.59 Å². The first-order chi connectivity index (χ1) is 12.0. The van der Waals surface area contributed by atoms with Gasteiger partial charge in [-0.1, -0.05) is 0 Å². The van der Waals surface area contributed by atoms with Crippen LogP contribution in [0.4, 0.5) is 23.3 Å². The van der Waals surface area contributed by atoms with Gasteiger partial charge in [0.2, 0.25) is 11.9 Å². The van der Waals surface area contributed by atoms with Crippen LogP contribution < -0.4 is 22.1 Å². The Bertz CT molecular complexity index is 821. The summed E-state index contributed by atoms with van der Waals surface area (Å²) in [5.74, 6) is -0.224. The number of hydrogen-bond donors (Lipinski definition) is 4. The largest absolute Gasteiger partial charge is 0.465 e. The second kappa shape index (κ2) is 6.63. The predicted octanol–water partition coefficient (Wildman–Crippen LogP) is 0.650. The van der Waals surface area contributed by atoms with Gasteiger partial charge >= 0.3 is 5.97 Å². The minimum Gasteiger partial charge on any atom is -0.465 e. The van der Waals surface area contributed by atoms with E-state index in [1.54, 1.807) is 24.3 Å². The van der Waals surface area contributed by atoms with Crippen LogP contribution in [0.5, 0.6) is 0 Å². The van der Waals surface area contributed by atoms with E-state index in [1.165, 1.54) is 7.11 Å². The molecule has 25 heavy (non-hydrogen) atoms. The topological polar surface area (TPSA) is 145 Å². The number of fused-ring (bicyclic) bond motifs is 1. The fraction of sp³-hybridized carbons (Fsp3) is 0.250. The van der Waals surface area contributed by atoms with Crippen molar-refractivity contribution in [1.29, 1.82) is 0 Å². The van der Waals surface area contributed by atoms with Crippen molar-refractivity contribution in [3.05, 3.63) is 35.4 Å². The maximum Gasteiger partial charge on any atom is 0.337 e. The van der Waals surface area contributed by atoms with Crippen LogP contribution in [-0.4, -0.2) is 35.5 Å². The third kappa shape index (κ3) is 3.44. The Kier molecular flexibility index (Phi) is 4.38. The SMILES string of the molecule is COC(=O)c1ccc(NCC2Cc3c(N)nc(N)nc3NC2=O)cc1. The first-order valence-corrected chi connectivity index (χ1v) is 7.63. The van der Waals surface area contributed by atoms with Gasteiger partial charge in [0, 0.05) is 17.8 Å². The van der Waals surface area contributed by atoms with Crippen LogP contribution in [0.3, 0.4) is 0 Å². The smallest absolute Gasteiger partial charge is 0.337 e. The lowest BCUT2D eigenvalue weighted by Crippen LogP contribution is -2.35. The van der Waals surface area contributed by atoms with Crippen molar-refractivity contribution in [2.24, 2.45) is 5.92 Å². The van der Waals surface area contributed by atoms with Gasteiger partial charge in [-0.2, -0.15) is 9.97 Å². The number of benzene rings is 1. The van der Waals surface area contributed by atoms with E-state index in [2.05, 4.69) is 25.3 Å². The second-order valence-corrected chi connectivity index (χ2v) is 5.63. The van der Waals surface area contributed by atoms with E-state index in [4.69, 9.17) is 11.5 Å². The Morgan fingerprint density at radius 1 is 1.32 bits per heavy atom. The number of anilines is 4. The lowest BCUT2D eigenvalue weighted by molar-refractivity contribution is -0.119. The summed E-state index contributed by atoms with van der Waals surface area (Å²) < 4.78 is 4.65. The zero-order valence-electron chi connectivity index (χ0n) is 13.6. The Balaban J connectivity index is 1.67. The number of carbonyl (C=O) groups is 2. The molecule has 130 valence electrons. The van der Waals surface area contributed by atoms with E-state index in [1.807, 2.05) is 0 Å². The van der Waals surface area contributed by atoms with E-state index in [-0.39, 0.29) is 23.6 Å². The van der Waals surface area contributed by atoms with Crippen LogP contribution in [0.25, 0.3) is 0 Å². The Morgan fingerprint density at radius 2 is 2.04 bits per heavy atom. The van der Waals surface area contributed by atoms with Gasteiger partial charge in [0.25, 0.3) is 0 Å². The quantitative estimate of drug-likeness (QED) is 0.593. The first kappa shape index (κ1) is 16.5. The molecule has 2 aromatic rings. The van der Waals surface area contributed by atoms with Crippen LogP contribution in [0.15, 0.2) is 24.3 Å². The second-order valence-electron chi connectivity index (χ2n) is 5.63. The average Bonchev–Trinajstić information content (AvgIpc) is 2.60. The van der Waals surface area contributed by atoms with Crippen molar-refractivity contribution < 1.29 is 14.3 Å². The summed E-state index contributed by atoms with van der Waals surface area (Å²) >= 11 is 0. The van der Waals surface area contributed by atoms with Crippen molar-refractivity contribution in [3.8, 4) is 0 Å². The number of hydrogen-bond acceptors (Lipinski definition) is 8. The Labute approximate surface area is 143 Å². The lowest BCUT2D eigenvalue weighted by atomic mass is 9.95. The van der Waals surface area contributed by atoms with Gasteiger partial charge in [0.05, 0.1) is 18.6 Å². The van der Waals surface area contributed by atoms with Crippen molar-refractivity contribution in [3.63, 3.8) is 0 Å². The minimum absolute atomic E-state index is 0.0267. The molecule has 0 saturated heterocycles. The van der Waals surface area contributed by atoms with Crippen molar-refractivity contribution >= 4 is 35.1 Å². The van der Waals surface area contributed by atoms with E-state index in [0.717, 1.165) is 5.69 Å². The number of esters is 1. The maximum atomic E-state index is 12.2. The number of nitrogens with zero attached hydrogens (tertiary/aromatic N) is 2. The van der Waals surface area contributed by atoms with Gasteiger partial charge in [-0.15, -0.1) is 0 Å². The van der Waals surface area contributed by atoms with Crippen LogP contribution >= 0.6 is 0 Å². The van der Waals surface area contributed by atoms with Crippen LogP contribution in [-0.2, 0) is 16.0 Å². The van der Waals surface area contributed by atoms with Crippen molar-refractivity contribution in [1.82, 2.24) is 9.97 Å². The molecule has 1 aromatic heterocycles. The minimum atomic E-state index is -0.399. The zero-order valence-corrected chi connectivity index (χ0v) is 13.6. The number of nitrogens with one attached hydrogen (secondary N) is 2. The molecule has 0 spiro atoms. The van der Waals surface area contributed by atoms with Gasteiger partial charge in [0.15, 0.2) is 0 Å². The summed E-state index contributed by atoms with van der Waals surface area (Å²) in [6.45, 7) is 0.395. The summed E-state index contributed by atoms with van der Waals surface area (Å²) in [6.07, 6.45) is 0.417. The third-order valence-electron chi connectivity index (χ3n) is 3.98. The molecule has 1 atom stereocenters. The van der Waals surface area contributed by atoms with Crippen molar-refractivity contribution in [2.45, 2.75) is 6.42 Å². The van der Waals surface area contributed by atoms with Crippen LogP contribution in [0.2, 0.25) is 0 Å². The van der Waals surface area contributed by atoms with Crippen LogP contribution in [0, 0.1) is 5.92 Å². The number of nitrogen functional groups attached to an aromatic ring is 2. The molecule has 3 rings (SSSR count). The molecule has 1 aliphatic heterocycles. The molecule has 0 bridgehead atoms. The van der Waals surface area contributed by atoms with E-state index in [0.29, 0.717) is 29.9 Å². The first-order valence-electron chi connectivity index (χ1n) is 7.63. The molecule has 2 heterocycles. The van der Waals surface area contributed by atoms with Gasteiger partial charge in [0.1, 0.15) is 11.6 Å². The normalized spacial score (nSPS) is 15.9. The molecule has 9 heteroatoms. The van der Waals surface area contributed by atoms with Gasteiger partial charge < -0.3 is 26.8 Å². The molecule has 1 aromatic carbocycles. The van der Waals surface area contributed by atoms with Crippen LogP contribution in [0.1, 0.15) is 15.9 Å². The van der Waals surface area contributed by atoms with Crippen molar-refractivity contribution in [2.75, 3.05) is 35.8 Å². The molecule has 0 aliphatic carbocycles. The summed E-state index contributed by atoms with van der Waals surface area (Å²) in [6, 6.07) is 6.80. The number of ether oxygens (including phenoxy) is 1. The highest BCUT2D eigenvalue weighted by Gasteiger charge is 2.29. The molecular weight excluding hydrogens is 324 g/mol. The highest BCUT2D eigenvalue weighted by atomic mass is 16.5. The van der Waals surface area contributed by atoms with Gasteiger partial charge in [-0.3, -0.25) is 4.79 Å². The number of methoxy groups -OCH3 is 1.